The van der Waals surface area contributed by atoms with E-state index in [4.69, 9.17) is 21.3 Å². The molecule has 3 rings (SSSR count). The van der Waals surface area contributed by atoms with Crippen LogP contribution in [-0.4, -0.2) is 30.6 Å². The zero-order valence-corrected chi connectivity index (χ0v) is 19.5. The van der Waals surface area contributed by atoms with Gasteiger partial charge in [-0.2, -0.15) is 0 Å². The van der Waals surface area contributed by atoms with Crippen LogP contribution < -0.4 is 4.90 Å². The van der Waals surface area contributed by atoms with Crippen LogP contribution in [0.3, 0.4) is 0 Å². The lowest BCUT2D eigenvalue weighted by atomic mass is 9.93. The summed E-state index contributed by atoms with van der Waals surface area (Å²) in [5.41, 5.74) is 4.16. The summed E-state index contributed by atoms with van der Waals surface area (Å²) in [6.45, 7) is 9.88. The monoisotopic (exact) mass is 424 g/mol. The smallest absolute Gasteiger partial charge is 0.358 e. The largest absolute Gasteiger partial charge is 0.455 e. The minimum Gasteiger partial charge on any atom is -0.455 e. The van der Waals surface area contributed by atoms with Crippen molar-refractivity contribution in [2.24, 2.45) is 0 Å². The van der Waals surface area contributed by atoms with E-state index in [-0.39, 0.29) is 0 Å². The van der Waals surface area contributed by atoms with Crippen LogP contribution in [-0.2, 0) is 4.74 Å². The fourth-order valence-electron chi connectivity index (χ4n) is 3.48. The number of rotatable bonds is 4. The first kappa shape index (κ1) is 22.1. The molecule has 4 nitrogen and oxygen atoms in total. The molecule has 1 aromatic heterocycles. The Kier molecular flexibility index (Phi) is 6.09. The SMILES string of the molecule is CC(C)c1cccc(-c2c(C(=O)OC(C)(C)C)nc3ccc(Cl)cc3c2N(C)C)c1. The van der Waals surface area contributed by atoms with Gasteiger partial charge in [-0.25, -0.2) is 9.78 Å². The van der Waals surface area contributed by atoms with Crippen molar-refractivity contribution in [1.82, 2.24) is 4.98 Å². The molecule has 0 aliphatic rings. The third kappa shape index (κ3) is 4.59. The van der Waals surface area contributed by atoms with E-state index < -0.39 is 11.6 Å². The zero-order chi connectivity index (χ0) is 22.2. The number of hydrogen-bond acceptors (Lipinski definition) is 4. The van der Waals surface area contributed by atoms with Crippen LogP contribution in [0.15, 0.2) is 42.5 Å². The van der Waals surface area contributed by atoms with Gasteiger partial charge in [0.25, 0.3) is 0 Å². The van der Waals surface area contributed by atoms with Crippen LogP contribution >= 0.6 is 11.6 Å². The fraction of sp³-hybridized carbons (Fsp3) is 0.360. The summed E-state index contributed by atoms with van der Waals surface area (Å²) in [5, 5.41) is 1.52. The number of aromatic nitrogens is 1. The number of hydrogen-bond donors (Lipinski definition) is 0. The first-order valence-electron chi connectivity index (χ1n) is 10.1. The van der Waals surface area contributed by atoms with Gasteiger partial charge in [0.1, 0.15) is 5.60 Å². The van der Waals surface area contributed by atoms with Crippen LogP contribution in [0.2, 0.25) is 5.02 Å². The molecule has 30 heavy (non-hydrogen) atoms. The molecule has 0 N–H and O–H groups in total. The van der Waals surface area contributed by atoms with E-state index in [1.54, 1.807) is 6.07 Å². The van der Waals surface area contributed by atoms with Crippen molar-refractivity contribution in [3.05, 3.63) is 58.7 Å². The maximum absolute atomic E-state index is 13.2. The second-order valence-corrected chi connectivity index (χ2v) is 9.46. The minimum absolute atomic E-state index is 0.310. The van der Waals surface area contributed by atoms with Gasteiger partial charge in [0, 0.05) is 30.1 Å². The van der Waals surface area contributed by atoms with Gasteiger partial charge in [-0.3, -0.25) is 0 Å². The summed E-state index contributed by atoms with van der Waals surface area (Å²) in [6, 6.07) is 13.8. The number of carbonyl (C=O) groups excluding carboxylic acids is 1. The van der Waals surface area contributed by atoms with E-state index in [2.05, 4.69) is 26.0 Å². The maximum Gasteiger partial charge on any atom is 0.358 e. The number of nitrogens with zero attached hydrogens (tertiary/aromatic N) is 2. The summed E-state index contributed by atoms with van der Waals surface area (Å²) in [6.07, 6.45) is 0. The van der Waals surface area contributed by atoms with Crippen LogP contribution in [0.4, 0.5) is 5.69 Å². The Balaban J connectivity index is 2.41. The van der Waals surface area contributed by atoms with Gasteiger partial charge in [0.05, 0.1) is 11.2 Å². The zero-order valence-electron chi connectivity index (χ0n) is 18.7. The van der Waals surface area contributed by atoms with Crippen LogP contribution in [0, 0.1) is 0 Å². The number of ether oxygens (including phenoxy) is 1. The molecule has 0 unspecified atom stereocenters. The summed E-state index contributed by atoms with van der Waals surface area (Å²) < 4.78 is 5.72. The Hall–Kier alpha value is -2.59. The molecule has 0 radical (unpaired) electrons. The summed E-state index contributed by atoms with van der Waals surface area (Å²) in [7, 11) is 3.93. The number of halogens is 1. The van der Waals surface area contributed by atoms with Crippen molar-refractivity contribution in [2.45, 2.75) is 46.1 Å². The van der Waals surface area contributed by atoms with Crippen molar-refractivity contribution in [3.63, 3.8) is 0 Å². The number of carbonyl (C=O) groups is 1. The lowest BCUT2D eigenvalue weighted by molar-refractivity contribution is 0.00643. The van der Waals surface area contributed by atoms with E-state index >= 15 is 0 Å². The second-order valence-electron chi connectivity index (χ2n) is 9.02. The Bertz CT molecular complexity index is 1100. The van der Waals surface area contributed by atoms with Gasteiger partial charge in [0.2, 0.25) is 0 Å². The highest BCUT2D eigenvalue weighted by molar-refractivity contribution is 6.31. The van der Waals surface area contributed by atoms with Gasteiger partial charge in [0.15, 0.2) is 5.69 Å². The predicted octanol–water partition coefficient (Wildman–Crippen LogP) is 6.70. The van der Waals surface area contributed by atoms with Gasteiger partial charge >= 0.3 is 5.97 Å². The fourth-order valence-corrected chi connectivity index (χ4v) is 3.66. The Labute approximate surface area is 183 Å². The van der Waals surface area contributed by atoms with Crippen LogP contribution in [0.5, 0.6) is 0 Å². The highest BCUT2D eigenvalue weighted by atomic mass is 35.5. The predicted molar refractivity (Wildman–Crippen MR) is 126 cm³/mol. The molecular formula is C25H29ClN2O2. The Morgan fingerprint density at radius 1 is 1.10 bits per heavy atom. The second kappa shape index (κ2) is 8.27. The molecule has 0 bridgehead atoms. The molecule has 5 heteroatoms. The standard InChI is InChI=1S/C25H29ClN2O2/c1-15(2)16-9-8-10-17(13-16)21-22(24(29)30-25(3,4)5)27-20-12-11-18(26)14-19(20)23(21)28(6)7/h8-15H,1-7H3. The third-order valence-corrected chi connectivity index (χ3v) is 5.04. The van der Waals surface area contributed by atoms with Crippen molar-refractivity contribution < 1.29 is 9.53 Å². The molecule has 0 atom stereocenters. The normalized spacial score (nSPS) is 11.8. The van der Waals surface area contributed by atoms with Gasteiger partial charge in [-0.15, -0.1) is 0 Å². The molecule has 158 valence electrons. The molecule has 0 aliphatic heterocycles. The van der Waals surface area contributed by atoms with Crippen molar-refractivity contribution in [2.75, 3.05) is 19.0 Å². The van der Waals surface area contributed by atoms with Crippen molar-refractivity contribution >= 4 is 34.2 Å². The molecule has 0 spiro atoms. The first-order valence-corrected chi connectivity index (χ1v) is 10.5. The minimum atomic E-state index is -0.622. The molecule has 3 aromatic rings. The summed E-state index contributed by atoms with van der Waals surface area (Å²) >= 11 is 6.31. The van der Waals surface area contributed by atoms with E-state index in [9.17, 15) is 4.79 Å². The van der Waals surface area contributed by atoms with Gasteiger partial charge in [-0.1, -0.05) is 49.7 Å². The highest BCUT2D eigenvalue weighted by Gasteiger charge is 2.27. The molecule has 1 heterocycles. The number of anilines is 1. The molecule has 0 aliphatic carbocycles. The molecule has 0 amide bonds. The molecule has 2 aromatic carbocycles. The molecule has 0 saturated heterocycles. The average molecular weight is 425 g/mol. The Morgan fingerprint density at radius 2 is 1.80 bits per heavy atom. The summed E-state index contributed by atoms with van der Waals surface area (Å²) in [5.74, 6) is -0.0759. The molecular weight excluding hydrogens is 396 g/mol. The van der Waals surface area contributed by atoms with Crippen LogP contribution in [0.25, 0.3) is 22.0 Å². The number of fused-ring (bicyclic) bond motifs is 1. The third-order valence-electron chi connectivity index (χ3n) is 4.80. The van der Waals surface area contributed by atoms with Crippen LogP contribution in [0.1, 0.15) is 56.6 Å². The van der Waals surface area contributed by atoms with E-state index in [0.717, 1.165) is 22.2 Å². The Morgan fingerprint density at radius 3 is 2.40 bits per heavy atom. The van der Waals surface area contributed by atoms with Crippen molar-refractivity contribution in [3.8, 4) is 11.1 Å². The lowest BCUT2D eigenvalue weighted by Gasteiger charge is -2.25. The highest BCUT2D eigenvalue weighted by Crippen LogP contribution is 2.40. The quantitative estimate of drug-likeness (QED) is 0.437. The van der Waals surface area contributed by atoms with Gasteiger partial charge in [-0.05, 0) is 56.0 Å². The first-order chi connectivity index (χ1) is 14.0. The van der Waals surface area contributed by atoms with E-state index in [1.807, 2.05) is 64.0 Å². The number of pyridine rings is 1. The van der Waals surface area contributed by atoms with E-state index in [0.29, 0.717) is 22.2 Å². The maximum atomic E-state index is 13.2. The molecule has 0 fully saturated rings. The topological polar surface area (TPSA) is 42.4 Å². The van der Waals surface area contributed by atoms with Gasteiger partial charge < -0.3 is 9.64 Å². The van der Waals surface area contributed by atoms with Crippen molar-refractivity contribution in [1.29, 1.82) is 0 Å². The van der Waals surface area contributed by atoms with E-state index in [1.165, 1.54) is 5.56 Å². The average Bonchev–Trinajstić information content (AvgIpc) is 2.64. The summed E-state index contributed by atoms with van der Waals surface area (Å²) in [4.78, 5) is 20.0. The number of benzene rings is 2. The lowest BCUT2D eigenvalue weighted by Crippen LogP contribution is -2.25. The number of esters is 1. The molecule has 0 saturated carbocycles.